The number of ether oxygens (including phenoxy) is 1. The summed E-state index contributed by atoms with van der Waals surface area (Å²) < 4.78 is 5.24. The molecule has 1 N–H and O–H groups in total. The molecule has 0 radical (unpaired) electrons. The zero-order chi connectivity index (χ0) is 15.9. The Labute approximate surface area is 134 Å². The molecule has 21 heavy (non-hydrogen) atoms. The largest absolute Gasteiger partial charge is 0.444 e. The molecule has 0 unspecified atom stereocenters. The van der Waals surface area contributed by atoms with Crippen LogP contribution in [-0.4, -0.2) is 28.9 Å². The summed E-state index contributed by atoms with van der Waals surface area (Å²) in [4.78, 5) is 23.7. The van der Waals surface area contributed by atoms with Gasteiger partial charge in [-0.05, 0) is 62.9 Å². The van der Waals surface area contributed by atoms with Crippen molar-refractivity contribution < 1.29 is 14.3 Å². The van der Waals surface area contributed by atoms with E-state index in [4.69, 9.17) is 4.74 Å². The number of hydrogen-bond acceptors (Lipinski definition) is 5. The zero-order valence-corrected chi connectivity index (χ0v) is 14.4. The third kappa shape index (κ3) is 8.02. The molecular weight excluding hydrogens is 306 g/mol. The molecule has 0 aliphatic heterocycles. The second kappa shape index (κ2) is 8.34. The average Bonchev–Trinajstić information content (AvgIpc) is 2.38. The van der Waals surface area contributed by atoms with Crippen LogP contribution in [0.4, 0.5) is 9.59 Å². The van der Waals surface area contributed by atoms with Crippen LogP contribution in [0.3, 0.4) is 0 Å². The number of carbonyl (C=O) groups excluding carboxylic acids is 2. The highest BCUT2D eigenvalue weighted by Gasteiger charge is 2.15. The van der Waals surface area contributed by atoms with Crippen molar-refractivity contribution in [3.05, 3.63) is 29.8 Å². The fourth-order valence-electron chi connectivity index (χ4n) is 1.49. The van der Waals surface area contributed by atoms with Gasteiger partial charge in [0.25, 0.3) is 4.45 Å². The molecule has 0 fully saturated rings. The van der Waals surface area contributed by atoms with Crippen LogP contribution in [-0.2, 0) is 11.2 Å². The molecule has 4 nitrogen and oxygen atoms in total. The number of rotatable bonds is 4. The van der Waals surface area contributed by atoms with Gasteiger partial charge in [-0.3, -0.25) is 4.79 Å². The van der Waals surface area contributed by atoms with Gasteiger partial charge in [-0.25, -0.2) is 4.79 Å². The molecule has 0 heterocycles. The average molecular weight is 327 g/mol. The Hall–Kier alpha value is -1.14. The summed E-state index contributed by atoms with van der Waals surface area (Å²) in [5.41, 5.74) is 0.624. The van der Waals surface area contributed by atoms with Crippen molar-refractivity contribution in [3.63, 3.8) is 0 Å². The lowest BCUT2D eigenvalue weighted by atomic mass is 10.1. The van der Waals surface area contributed by atoms with Crippen molar-refractivity contribution in [1.29, 1.82) is 0 Å². The van der Waals surface area contributed by atoms with Gasteiger partial charge in [0.2, 0.25) is 0 Å². The lowest BCUT2D eigenvalue weighted by Crippen LogP contribution is -2.33. The zero-order valence-electron chi connectivity index (χ0n) is 12.8. The van der Waals surface area contributed by atoms with Crippen LogP contribution < -0.4 is 5.32 Å². The van der Waals surface area contributed by atoms with Crippen LogP contribution >= 0.6 is 23.5 Å². The molecule has 0 atom stereocenters. The van der Waals surface area contributed by atoms with Gasteiger partial charge in [0.15, 0.2) is 0 Å². The molecule has 0 bridgehead atoms. The van der Waals surface area contributed by atoms with E-state index in [1.54, 1.807) is 6.26 Å². The fourth-order valence-corrected chi connectivity index (χ4v) is 2.57. The van der Waals surface area contributed by atoms with Crippen molar-refractivity contribution in [2.45, 2.75) is 37.7 Å². The van der Waals surface area contributed by atoms with Gasteiger partial charge >= 0.3 is 6.09 Å². The van der Waals surface area contributed by atoms with Gasteiger partial charge in [0.1, 0.15) is 5.60 Å². The Balaban J connectivity index is 2.36. The second-order valence-corrected chi connectivity index (χ2v) is 7.46. The van der Waals surface area contributed by atoms with E-state index in [1.807, 2.05) is 45.0 Å². The van der Waals surface area contributed by atoms with Gasteiger partial charge < -0.3 is 10.1 Å². The Bertz CT molecular complexity index is 481. The number of alkyl carbamates (subject to hydrolysis) is 1. The molecule has 1 aromatic carbocycles. The first-order valence-electron chi connectivity index (χ1n) is 6.62. The second-order valence-electron chi connectivity index (χ2n) is 5.38. The number of carbonyl (C=O) groups is 2. The molecule has 0 aromatic heterocycles. The van der Waals surface area contributed by atoms with Crippen molar-refractivity contribution in [3.8, 4) is 0 Å². The minimum atomic E-state index is -0.479. The molecule has 0 saturated heterocycles. The van der Waals surface area contributed by atoms with Crippen molar-refractivity contribution >= 4 is 34.1 Å². The Morgan fingerprint density at radius 3 is 2.33 bits per heavy atom. The van der Waals surface area contributed by atoms with Crippen LogP contribution in [0, 0.1) is 0 Å². The van der Waals surface area contributed by atoms with E-state index in [0.29, 0.717) is 6.54 Å². The fraction of sp³-hybridized carbons (Fsp3) is 0.467. The summed E-state index contributed by atoms with van der Waals surface area (Å²) in [6, 6.07) is 7.77. The van der Waals surface area contributed by atoms with E-state index in [-0.39, 0.29) is 4.45 Å². The molecule has 0 spiro atoms. The summed E-state index contributed by atoms with van der Waals surface area (Å²) in [6.45, 7) is 6.02. The Morgan fingerprint density at radius 2 is 1.81 bits per heavy atom. The molecule has 0 aliphatic carbocycles. The van der Waals surface area contributed by atoms with Crippen LogP contribution in [0.25, 0.3) is 0 Å². The third-order valence-corrected chi connectivity index (χ3v) is 4.13. The summed E-state index contributed by atoms with van der Waals surface area (Å²) in [6.07, 6.45) is 2.09. The van der Waals surface area contributed by atoms with Gasteiger partial charge in [-0.1, -0.05) is 23.9 Å². The number of thioether (sulfide) groups is 2. The molecule has 116 valence electrons. The predicted octanol–water partition coefficient (Wildman–Crippen LogP) is 4.33. The number of benzene rings is 1. The minimum absolute atomic E-state index is 0.0781. The lowest BCUT2D eigenvalue weighted by Gasteiger charge is -2.19. The molecule has 0 aliphatic rings. The highest BCUT2D eigenvalue weighted by molar-refractivity contribution is 8.38. The van der Waals surface area contributed by atoms with Gasteiger partial charge in [-0.2, -0.15) is 0 Å². The molecule has 1 rings (SSSR count). The first-order chi connectivity index (χ1) is 9.80. The van der Waals surface area contributed by atoms with E-state index < -0.39 is 11.7 Å². The summed E-state index contributed by atoms with van der Waals surface area (Å²) >= 11 is 2.43. The van der Waals surface area contributed by atoms with Crippen LogP contribution in [0.1, 0.15) is 26.3 Å². The monoisotopic (exact) mass is 327 g/mol. The van der Waals surface area contributed by atoms with Crippen LogP contribution in [0.15, 0.2) is 29.2 Å². The summed E-state index contributed by atoms with van der Waals surface area (Å²) in [5, 5.41) is 2.72. The Morgan fingerprint density at radius 1 is 1.19 bits per heavy atom. The van der Waals surface area contributed by atoms with Gasteiger partial charge in [0, 0.05) is 11.4 Å². The van der Waals surface area contributed by atoms with Gasteiger partial charge in [-0.15, -0.1) is 0 Å². The Kier molecular flexibility index (Phi) is 7.11. The third-order valence-electron chi connectivity index (χ3n) is 2.37. The maximum Gasteiger partial charge on any atom is 0.407 e. The predicted molar refractivity (Wildman–Crippen MR) is 89.2 cm³/mol. The van der Waals surface area contributed by atoms with E-state index in [9.17, 15) is 9.59 Å². The van der Waals surface area contributed by atoms with E-state index in [2.05, 4.69) is 5.32 Å². The van der Waals surface area contributed by atoms with E-state index in [0.717, 1.165) is 16.9 Å². The van der Waals surface area contributed by atoms with Crippen molar-refractivity contribution in [2.24, 2.45) is 0 Å². The highest BCUT2D eigenvalue weighted by Crippen LogP contribution is 2.24. The topological polar surface area (TPSA) is 55.4 Å². The minimum Gasteiger partial charge on any atom is -0.444 e. The van der Waals surface area contributed by atoms with E-state index in [1.165, 1.54) is 23.5 Å². The first-order valence-corrected chi connectivity index (χ1v) is 8.66. The number of nitrogens with one attached hydrogen (secondary N) is 1. The van der Waals surface area contributed by atoms with Gasteiger partial charge in [0.05, 0.1) is 0 Å². The highest BCUT2D eigenvalue weighted by atomic mass is 32.2. The SMILES string of the molecule is CSC(=O)Sc1ccc(CCNC(=O)OC(C)(C)C)cc1. The standard InChI is InChI=1S/C15H21NO3S2/c1-15(2,3)19-13(17)16-10-9-11-5-7-12(8-6-11)21-14(18)20-4/h5-8H,9-10H2,1-4H3,(H,16,17). The van der Waals surface area contributed by atoms with Crippen LogP contribution in [0.2, 0.25) is 0 Å². The summed E-state index contributed by atoms with van der Waals surface area (Å²) in [5.74, 6) is 0. The maximum atomic E-state index is 11.5. The molecule has 1 aromatic rings. The lowest BCUT2D eigenvalue weighted by molar-refractivity contribution is 0.0528. The smallest absolute Gasteiger partial charge is 0.407 e. The summed E-state index contributed by atoms with van der Waals surface area (Å²) in [7, 11) is 0. The number of hydrogen-bond donors (Lipinski definition) is 1. The molecule has 0 saturated carbocycles. The quantitative estimate of drug-likeness (QED) is 0.834. The van der Waals surface area contributed by atoms with Crippen molar-refractivity contribution in [1.82, 2.24) is 5.32 Å². The van der Waals surface area contributed by atoms with Crippen molar-refractivity contribution in [2.75, 3.05) is 12.8 Å². The molecular formula is C15H21NO3S2. The molecule has 1 amide bonds. The van der Waals surface area contributed by atoms with E-state index >= 15 is 0 Å². The first kappa shape index (κ1) is 17.9. The normalized spacial score (nSPS) is 11.0. The van der Waals surface area contributed by atoms with Crippen LogP contribution in [0.5, 0.6) is 0 Å². The maximum absolute atomic E-state index is 11.5. The number of amides is 1. The molecule has 6 heteroatoms.